The average Bonchev–Trinajstić information content (AvgIpc) is 2.63. The minimum absolute atomic E-state index is 0.113. The molecule has 1 aliphatic carbocycles. The lowest BCUT2D eigenvalue weighted by molar-refractivity contribution is 0.102. The van der Waals surface area contributed by atoms with Crippen LogP contribution >= 0.6 is 0 Å². The molecule has 0 saturated heterocycles. The number of aryl methyl sites for hydroxylation is 1. The van der Waals surface area contributed by atoms with Gasteiger partial charge in [-0.25, -0.2) is 0 Å². The molecule has 0 N–H and O–H groups in total. The molecule has 1 aromatic rings. The predicted molar refractivity (Wildman–Crippen MR) is 63.3 cm³/mol. The first-order valence-electron chi connectivity index (χ1n) is 6.01. The fraction of sp³-hybridized carbons (Fsp3) is 0.538. The molecule has 1 aliphatic rings. The maximum Gasteiger partial charge on any atom is 0.208 e. The van der Waals surface area contributed by atoms with Crippen molar-refractivity contribution in [1.29, 1.82) is 0 Å². The van der Waals surface area contributed by atoms with Crippen molar-refractivity contribution in [1.82, 2.24) is 9.78 Å². The van der Waals surface area contributed by atoms with Crippen molar-refractivity contribution in [2.45, 2.75) is 38.5 Å². The number of allylic oxidation sites excluding steroid dienone is 2. The number of rotatable bonds is 2. The SMILES string of the molecule is Cn1ccc(C(=O)/C2=C/CCCCCC2)n1. The molecule has 0 atom stereocenters. The summed E-state index contributed by atoms with van der Waals surface area (Å²) in [4.78, 5) is 12.1. The van der Waals surface area contributed by atoms with Crippen molar-refractivity contribution in [2.24, 2.45) is 7.05 Å². The number of Topliss-reactive ketones (excluding diaryl/α,β-unsaturated/α-hetero) is 1. The van der Waals surface area contributed by atoms with Gasteiger partial charge in [0.15, 0.2) is 0 Å². The van der Waals surface area contributed by atoms with Gasteiger partial charge < -0.3 is 0 Å². The number of carbonyl (C=O) groups is 1. The Morgan fingerprint density at radius 1 is 1.31 bits per heavy atom. The maximum absolute atomic E-state index is 12.1. The van der Waals surface area contributed by atoms with Crippen molar-refractivity contribution >= 4 is 5.78 Å². The van der Waals surface area contributed by atoms with E-state index in [1.807, 2.05) is 13.2 Å². The number of carbonyl (C=O) groups excluding carboxylic acids is 1. The third kappa shape index (κ3) is 2.60. The highest BCUT2D eigenvalue weighted by Gasteiger charge is 2.15. The van der Waals surface area contributed by atoms with Crippen LogP contribution in [0.4, 0.5) is 0 Å². The number of hydrogen-bond acceptors (Lipinski definition) is 2. The second-order valence-corrected chi connectivity index (χ2v) is 4.39. The van der Waals surface area contributed by atoms with Gasteiger partial charge in [-0.05, 0) is 37.3 Å². The highest BCUT2D eigenvalue weighted by atomic mass is 16.1. The van der Waals surface area contributed by atoms with Crippen LogP contribution < -0.4 is 0 Å². The number of nitrogens with zero attached hydrogens (tertiary/aromatic N) is 2. The third-order valence-electron chi connectivity index (χ3n) is 3.03. The van der Waals surface area contributed by atoms with Crippen LogP contribution in [-0.2, 0) is 7.05 Å². The van der Waals surface area contributed by atoms with E-state index in [1.54, 1.807) is 10.7 Å². The van der Waals surface area contributed by atoms with Gasteiger partial charge in [0.25, 0.3) is 0 Å². The van der Waals surface area contributed by atoms with Gasteiger partial charge in [0.1, 0.15) is 5.69 Å². The monoisotopic (exact) mass is 218 g/mol. The number of aromatic nitrogens is 2. The average molecular weight is 218 g/mol. The molecule has 0 aromatic carbocycles. The molecule has 2 rings (SSSR count). The minimum Gasteiger partial charge on any atom is -0.287 e. The topological polar surface area (TPSA) is 34.9 Å². The first-order chi connectivity index (χ1) is 7.77. The predicted octanol–water partition coefficient (Wildman–Crippen LogP) is 2.88. The zero-order chi connectivity index (χ0) is 11.4. The van der Waals surface area contributed by atoms with Crippen LogP contribution in [0.5, 0.6) is 0 Å². The summed E-state index contributed by atoms with van der Waals surface area (Å²) < 4.78 is 1.68. The van der Waals surface area contributed by atoms with Crippen LogP contribution in [0, 0.1) is 0 Å². The molecule has 0 saturated carbocycles. The molecule has 0 aliphatic heterocycles. The molecular formula is C13H18N2O. The fourth-order valence-corrected chi connectivity index (χ4v) is 2.10. The summed E-state index contributed by atoms with van der Waals surface area (Å²) in [5, 5.41) is 4.17. The summed E-state index contributed by atoms with van der Waals surface area (Å²) in [6.45, 7) is 0. The molecule has 16 heavy (non-hydrogen) atoms. The second kappa shape index (κ2) is 5.10. The molecule has 86 valence electrons. The van der Waals surface area contributed by atoms with Crippen LogP contribution in [-0.4, -0.2) is 15.6 Å². The van der Waals surface area contributed by atoms with Crippen LogP contribution in [0.2, 0.25) is 0 Å². The van der Waals surface area contributed by atoms with E-state index in [9.17, 15) is 4.79 Å². The smallest absolute Gasteiger partial charge is 0.208 e. The Bertz CT molecular complexity index is 404. The lowest BCUT2D eigenvalue weighted by Gasteiger charge is -2.09. The molecule has 1 aromatic heterocycles. The number of hydrogen-bond donors (Lipinski definition) is 0. The summed E-state index contributed by atoms with van der Waals surface area (Å²) in [6.07, 6.45) is 10.7. The van der Waals surface area contributed by atoms with E-state index in [2.05, 4.69) is 11.2 Å². The maximum atomic E-state index is 12.1. The third-order valence-corrected chi connectivity index (χ3v) is 3.03. The van der Waals surface area contributed by atoms with Crippen molar-refractivity contribution in [2.75, 3.05) is 0 Å². The number of ketones is 1. The molecule has 0 unspecified atom stereocenters. The van der Waals surface area contributed by atoms with E-state index in [4.69, 9.17) is 0 Å². The largest absolute Gasteiger partial charge is 0.287 e. The Labute approximate surface area is 96.2 Å². The van der Waals surface area contributed by atoms with Gasteiger partial charge in [-0.15, -0.1) is 0 Å². The van der Waals surface area contributed by atoms with E-state index in [0.717, 1.165) is 24.8 Å². The van der Waals surface area contributed by atoms with E-state index in [1.165, 1.54) is 19.3 Å². The Morgan fingerprint density at radius 3 is 2.88 bits per heavy atom. The fourth-order valence-electron chi connectivity index (χ4n) is 2.10. The van der Waals surface area contributed by atoms with Crippen molar-refractivity contribution in [3.63, 3.8) is 0 Å². The first-order valence-corrected chi connectivity index (χ1v) is 6.01. The van der Waals surface area contributed by atoms with E-state index < -0.39 is 0 Å². The lowest BCUT2D eigenvalue weighted by atomic mass is 9.96. The summed E-state index contributed by atoms with van der Waals surface area (Å²) in [7, 11) is 1.84. The molecule has 0 radical (unpaired) electrons. The standard InChI is InChI=1S/C13H18N2O/c1-15-10-9-12(14-15)13(16)11-7-5-3-2-4-6-8-11/h7,9-10H,2-6,8H2,1H3/b11-7+. The molecule has 3 heteroatoms. The van der Waals surface area contributed by atoms with E-state index in [0.29, 0.717) is 5.69 Å². The molecule has 1 heterocycles. The first kappa shape index (κ1) is 11.1. The van der Waals surface area contributed by atoms with E-state index >= 15 is 0 Å². The minimum atomic E-state index is 0.113. The summed E-state index contributed by atoms with van der Waals surface area (Å²) in [6, 6.07) is 1.79. The van der Waals surface area contributed by atoms with Crippen LogP contribution in [0.15, 0.2) is 23.9 Å². The van der Waals surface area contributed by atoms with Crippen molar-refractivity contribution in [3.8, 4) is 0 Å². The van der Waals surface area contributed by atoms with Gasteiger partial charge in [-0.1, -0.05) is 18.9 Å². The lowest BCUT2D eigenvalue weighted by Crippen LogP contribution is -2.06. The van der Waals surface area contributed by atoms with Gasteiger partial charge in [-0.3, -0.25) is 9.48 Å². The Kier molecular flexibility index (Phi) is 3.54. The highest BCUT2D eigenvalue weighted by Crippen LogP contribution is 2.19. The Balaban J connectivity index is 2.13. The normalized spacial score (nSPS) is 20.7. The molecule has 0 bridgehead atoms. The molecule has 0 spiro atoms. The molecule has 3 nitrogen and oxygen atoms in total. The Morgan fingerprint density at radius 2 is 2.12 bits per heavy atom. The van der Waals surface area contributed by atoms with Gasteiger partial charge in [0, 0.05) is 13.2 Å². The van der Waals surface area contributed by atoms with Crippen LogP contribution in [0.1, 0.15) is 49.0 Å². The van der Waals surface area contributed by atoms with Crippen LogP contribution in [0.3, 0.4) is 0 Å². The van der Waals surface area contributed by atoms with Crippen molar-refractivity contribution < 1.29 is 4.79 Å². The summed E-state index contributed by atoms with van der Waals surface area (Å²) in [5.41, 5.74) is 1.53. The zero-order valence-electron chi connectivity index (χ0n) is 9.78. The summed E-state index contributed by atoms with van der Waals surface area (Å²) in [5.74, 6) is 0.113. The Hall–Kier alpha value is -1.38. The molecular weight excluding hydrogens is 200 g/mol. The zero-order valence-corrected chi connectivity index (χ0v) is 9.78. The van der Waals surface area contributed by atoms with Gasteiger partial charge in [0.2, 0.25) is 5.78 Å². The van der Waals surface area contributed by atoms with Gasteiger partial charge in [-0.2, -0.15) is 5.10 Å². The van der Waals surface area contributed by atoms with Gasteiger partial charge in [0.05, 0.1) is 0 Å². The quantitative estimate of drug-likeness (QED) is 0.715. The van der Waals surface area contributed by atoms with E-state index in [-0.39, 0.29) is 5.78 Å². The second-order valence-electron chi connectivity index (χ2n) is 4.39. The van der Waals surface area contributed by atoms with Crippen LogP contribution in [0.25, 0.3) is 0 Å². The molecule has 0 amide bonds. The van der Waals surface area contributed by atoms with Gasteiger partial charge >= 0.3 is 0 Å². The molecule has 0 fully saturated rings. The summed E-state index contributed by atoms with van der Waals surface area (Å²) >= 11 is 0. The van der Waals surface area contributed by atoms with Crippen molar-refractivity contribution in [3.05, 3.63) is 29.6 Å². The highest BCUT2D eigenvalue weighted by molar-refractivity contribution is 6.07.